The summed E-state index contributed by atoms with van der Waals surface area (Å²) >= 11 is 0. The van der Waals surface area contributed by atoms with Crippen molar-refractivity contribution in [2.75, 3.05) is 11.1 Å². The molecule has 3 aromatic rings. The van der Waals surface area contributed by atoms with E-state index >= 15 is 0 Å². The summed E-state index contributed by atoms with van der Waals surface area (Å²) in [5.41, 5.74) is 6.93. The molecule has 152 valence electrons. The van der Waals surface area contributed by atoms with Crippen molar-refractivity contribution in [3.05, 3.63) is 30.1 Å². The maximum atomic E-state index is 14.6. The average Bonchev–Trinajstić information content (AvgIpc) is 3.10. The largest absolute Gasteiger partial charge is 0.481 e. The van der Waals surface area contributed by atoms with Crippen LogP contribution >= 0.6 is 0 Å². The lowest BCUT2D eigenvalue weighted by Crippen LogP contribution is -2.41. The number of nitrogens with zero attached hydrogens (tertiary/aromatic N) is 3. The van der Waals surface area contributed by atoms with Gasteiger partial charge in [0.15, 0.2) is 5.82 Å². The van der Waals surface area contributed by atoms with Gasteiger partial charge in [-0.2, -0.15) is 5.10 Å². The highest BCUT2D eigenvalue weighted by Crippen LogP contribution is 2.36. The number of nitrogen functional groups attached to an aromatic ring is 1. The molecule has 0 aliphatic heterocycles. The standard InChI is InChI=1S/C19H20F2N6O2/c1-8-3-2-4-12(13(8)19(28)29)25-15-11(21)7-23-16-14(26-27-17(15)16)10-5-9(20)6-24-18(10)22/h5-8,12-13H,2-4H2,1H3,(H2,22,24)(H,23,25)(H,26,27)(H,28,29)/t8?,12?,13-/m0/s1. The van der Waals surface area contributed by atoms with E-state index in [1.54, 1.807) is 0 Å². The van der Waals surface area contributed by atoms with Gasteiger partial charge in [0.2, 0.25) is 0 Å². The molecule has 29 heavy (non-hydrogen) atoms. The molecule has 3 heterocycles. The number of pyridine rings is 2. The van der Waals surface area contributed by atoms with Crippen LogP contribution < -0.4 is 11.1 Å². The second kappa shape index (κ2) is 7.26. The summed E-state index contributed by atoms with van der Waals surface area (Å²) in [6.45, 7) is 1.89. The second-order valence-electron chi connectivity index (χ2n) is 7.39. The highest BCUT2D eigenvalue weighted by atomic mass is 19.1. The number of carboxylic acid groups (broad SMARTS) is 1. The molecule has 0 aromatic carbocycles. The van der Waals surface area contributed by atoms with Gasteiger partial charge in [-0.1, -0.05) is 13.3 Å². The lowest BCUT2D eigenvalue weighted by molar-refractivity contribution is -0.145. The monoisotopic (exact) mass is 402 g/mol. The third-order valence-electron chi connectivity index (χ3n) is 5.51. The molecule has 4 rings (SSSR count). The molecule has 5 N–H and O–H groups in total. The second-order valence-corrected chi connectivity index (χ2v) is 7.39. The van der Waals surface area contributed by atoms with Crippen molar-refractivity contribution in [3.63, 3.8) is 0 Å². The molecule has 3 atom stereocenters. The first kappa shape index (κ1) is 19.0. The van der Waals surface area contributed by atoms with Gasteiger partial charge in [0.1, 0.15) is 28.4 Å². The van der Waals surface area contributed by atoms with Crippen LogP contribution in [0.5, 0.6) is 0 Å². The van der Waals surface area contributed by atoms with Crippen LogP contribution in [0.3, 0.4) is 0 Å². The molecule has 0 radical (unpaired) electrons. The maximum Gasteiger partial charge on any atom is 0.308 e. The Morgan fingerprint density at radius 1 is 1.31 bits per heavy atom. The Kier molecular flexibility index (Phi) is 4.77. The Bertz CT molecular complexity index is 1090. The summed E-state index contributed by atoms with van der Waals surface area (Å²) in [6.07, 6.45) is 4.27. The SMILES string of the molecule is CC1CCCC(Nc2c(F)cnc3c(-c4cc(F)cnc4N)n[nH]c23)[C@H]1C(=O)O. The minimum Gasteiger partial charge on any atom is -0.481 e. The molecule has 1 fully saturated rings. The van der Waals surface area contributed by atoms with Crippen LogP contribution in [0, 0.1) is 23.5 Å². The van der Waals surface area contributed by atoms with E-state index in [0.717, 1.165) is 25.2 Å². The van der Waals surface area contributed by atoms with Gasteiger partial charge in [-0.25, -0.2) is 18.7 Å². The van der Waals surface area contributed by atoms with Crippen molar-refractivity contribution in [2.24, 2.45) is 11.8 Å². The molecule has 0 bridgehead atoms. The van der Waals surface area contributed by atoms with Crippen molar-refractivity contribution < 1.29 is 18.7 Å². The van der Waals surface area contributed by atoms with Crippen LogP contribution in [0.4, 0.5) is 20.3 Å². The number of rotatable bonds is 4. The number of nitrogens with one attached hydrogen (secondary N) is 2. The van der Waals surface area contributed by atoms with Crippen LogP contribution in [-0.4, -0.2) is 37.3 Å². The number of hydrogen-bond donors (Lipinski definition) is 4. The van der Waals surface area contributed by atoms with E-state index in [0.29, 0.717) is 6.42 Å². The Labute approximate surface area is 164 Å². The Morgan fingerprint density at radius 3 is 2.86 bits per heavy atom. The highest BCUT2D eigenvalue weighted by Gasteiger charge is 2.37. The molecule has 3 aromatic heterocycles. The Morgan fingerprint density at radius 2 is 2.10 bits per heavy atom. The smallest absolute Gasteiger partial charge is 0.308 e. The lowest BCUT2D eigenvalue weighted by atomic mass is 9.76. The minimum atomic E-state index is -0.913. The van der Waals surface area contributed by atoms with Crippen molar-refractivity contribution in [2.45, 2.75) is 32.2 Å². The molecule has 2 unspecified atom stereocenters. The van der Waals surface area contributed by atoms with E-state index in [1.807, 2.05) is 6.92 Å². The number of nitrogens with two attached hydrogens (primary N) is 1. The summed E-state index contributed by atoms with van der Waals surface area (Å²) in [4.78, 5) is 19.6. The van der Waals surface area contributed by atoms with Gasteiger partial charge >= 0.3 is 5.97 Å². The van der Waals surface area contributed by atoms with Crippen molar-refractivity contribution >= 4 is 28.5 Å². The number of aromatic amines is 1. The zero-order chi connectivity index (χ0) is 20.7. The third kappa shape index (κ3) is 3.34. The fourth-order valence-corrected chi connectivity index (χ4v) is 4.09. The van der Waals surface area contributed by atoms with E-state index in [2.05, 4.69) is 25.5 Å². The number of carboxylic acids is 1. The molecular weight excluding hydrogens is 382 g/mol. The van der Waals surface area contributed by atoms with Gasteiger partial charge in [0.05, 0.1) is 24.0 Å². The van der Waals surface area contributed by atoms with Crippen LogP contribution in [0.25, 0.3) is 22.3 Å². The van der Waals surface area contributed by atoms with Crippen LogP contribution in [0.1, 0.15) is 26.2 Å². The predicted octanol–water partition coefficient (Wildman–Crippen LogP) is 3.18. The topological polar surface area (TPSA) is 130 Å². The number of fused-ring (bicyclic) bond motifs is 1. The molecule has 10 heteroatoms. The molecule has 0 saturated heterocycles. The van der Waals surface area contributed by atoms with Gasteiger partial charge < -0.3 is 16.2 Å². The summed E-state index contributed by atoms with van der Waals surface area (Å²) in [5.74, 6) is -2.75. The van der Waals surface area contributed by atoms with Crippen molar-refractivity contribution in [1.82, 2.24) is 20.2 Å². The first-order valence-corrected chi connectivity index (χ1v) is 9.30. The van der Waals surface area contributed by atoms with Crippen molar-refractivity contribution in [3.8, 4) is 11.3 Å². The Hall–Kier alpha value is -3.30. The van der Waals surface area contributed by atoms with E-state index in [-0.39, 0.29) is 39.7 Å². The third-order valence-corrected chi connectivity index (χ3v) is 5.51. The quantitative estimate of drug-likeness (QED) is 0.527. The number of aliphatic carboxylic acids is 1. The van der Waals surface area contributed by atoms with E-state index in [1.165, 1.54) is 6.07 Å². The number of H-pyrrole nitrogens is 1. The van der Waals surface area contributed by atoms with E-state index in [9.17, 15) is 18.7 Å². The minimum absolute atomic E-state index is 0.0327. The molecular formula is C19H20F2N6O2. The Balaban J connectivity index is 1.78. The molecule has 0 spiro atoms. The molecule has 1 aliphatic rings. The normalized spacial score (nSPS) is 22.0. The first-order chi connectivity index (χ1) is 13.9. The first-order valence-electron chi connectivity index (χ1n) is 9.30. The van der Waals surface area contributed by atoms with Crippen molar-refractivity contribution in [1.29, 1.82) is 0 Å². The van der Waals surface area contributed by atoms with Gasteiger partial charge in [0, 0.05) is 11.6 Å². The number of anilines is 2. The summed E-state index contributed by atoms with van der Waals surface area (Å²) in [7, 11) is 0. The number of hydrogen-bond acceptors (Lipinski definition) is 6. The van der Waals surface area contributed by atoms with Gasteiger partial charge in [-0.05, 0) is 24.8 Å². The zero-order valence-electron chi connectivity index (χ0n) is 15.6. The zero-order valence-corrected chi connectivity index (χ0v) is 15.6. The van der Waals surface area contributed by atoms with Crippen LogP contribution in [0.2, 0.25) is 0 Å². The molecule has 0 amide bonds. The summed E-state index contributed by atoms with van der Waals surface area (Å²) in [6, 6.07) is 0.739. The maximum absolute atomic E-state index is 14.6. The predicted molar refractivity (Wildman–Crippen MR) is 103 cm³/mol. The average molecular weight is 402 g/mol. The van der Waals surface area contributed by atoms with Crippen LogP contribution in [-0.2, 0) is 4.79 Å². The van der Waals surface area contributed by atoms with E-state index in [4.69, 9.17) is 5.73 Å². The number of halogens is 2. The fourth-order valence-electron chi connectivity index (χ4n) is 4.09. The van der Waals surface area contributed by atoms with Gasteiger partial charge in [-0.15, -0.1) is 0 Å². The number of aromatic nitrogens is 4. The van der Waals surface area contributed by atoms with Crippen LogP contribution in [0.15, 0.2) is 18.5 Å². The summed E-state index contributed by atoms with van der Waals surface area (Å²) in [5, 5.41) is 19.5. The number of carbonyl (C=O) groups is 1. The molecule has 1 aliphatic carbocycles. The van der Waals surface area contributed by atoms with Gasteiger partial charge in [-0.3, -0.25) is 9.89 Å². The highest BCUT2D eigenvalue weighted by molar-refractivity contribution is 5.98. The summed E-state index contributed by atoms with van der Waals surface area (Å²) < 4.78 is 28.3. The molecule has 8 nitrogen and oxygen atoms in total. The fraction of sp³-hybridized carbons (Fsp3) is 0.368. The van der Waals surface area contributed by atoms with Gasteiger partial charge in [0.25, 0.3) is 0 Å². The lowest BCUT2D eigenvalue weighted by Gasteiger charge is -2.34. The molecule has 1 saturated carbocycles. The van der Waals surface area contributed by atoms with E-state index < -0.39 is 29.6 Å².